The van der Waals surface area contributed by atoms with Gasteiger partial charge in [-0.1, -0.05) is 49.8 Å². The Balaban J connectivity index is 4.09. The quantitative estimate of drug-likeness (QED) is 0.581. The fourth-order valence-electron chi connectivity index (χ4n) is 1.55. The van der Waals surface area contributed by atoms with E-state index in [1.54, 1.807) is 0 Å². The topological polar surface area (TPSA) is 0 Å². The Kier molecular flexibility index (Phi) is 5.93. The molecule has 68 valence electrons. The minimum absolute atomic E-state index is 0.325. The molecular formula is C9H22P2. The van der Waals surface area contributed by atoms with Gasteiger partial charge in [0.25, 0.3) is 0 Å². The predicted octanol–water partition coefficient (Wildman–Crippen LogP) is 4.33. The highest BCUT2D eigenvalue weighted by atomic mass is 32.1. The molecule has 0 saturated heterocycles. The summed E-state index contributed by atoms with van der Waals surface area (Å²) in [7, 11) is 0.669. The van der Waals surface area contributed by atoms with E-state index in [4.69, 9.17) is 0 Å². The van der Waals surface area contributed by atoms with Gasteiger partial charge in [0.2, 0.25) is 0 Å². The first-order chi connectivity index (χ1) is 5.00. The molecule has 0 aromatic rings. The van der Waals surface area contributed by atoms with E-state index in [0.29, 0.717) is 15.2 Å². The maximum atomic E-state index is 2.47. The third-order valence-electron chi connectivity index (χ3n) is 1.91. The summed E-state index contributed by atoms with van der Waals surface area (Å²) >= 11 is 0. The first-order valence-corrected chi connectivity index (χ1v) is 8.66. The second-order valence-electron chi connectivity index (χ2n) is 3.54. The SMILES string of the molecule is CCP(C)P(C(C)C)C(C)C. The highest BCUT2D eigenvalue weighted by Gasteiger charge is 2.21. The average Bonchev–Trinajstić information content (AvgIpc) is 1.85. The van der Waals surface area contributed by atoms with Crippen LogP contribution >= 0.6 is 15.2 Å². The minimum atomic E-state index is 0.325. The lowest BCUT2D eigenvalue weighted by Crippen LogP contribution is -2.02. The number of hydrogen-bond donors (Lipinski definition) is 0. The third kappa shape index (κ3) is 3.86. The molecule has 0 aliphatic carbocycles. The van der Waals surface area contributed by atoms with Crippen molar-refractivity contribution in [3.8, 4) is 0 Å². The van der Waals surface area contributed by atoms with Crippen LogP contribution in [-0.2, 0) is 0 Å². The van der Waals surface area contributed by atoms with Crippen molar-refractivity contribution in [1.82, 2.24) is 0 Å². The van der Waals surface area contributed by atoms with Crippen LogP contribution in [0.25, 0.3) is 0 Å². The van der Waals surface area contributed by atoms with Gasteiger partial charge in [-0.25, -0.2) is 0 Å². The van der Waals surface area contributed by atoms with Gasteiger partial charge in [0.1, 0.15) is 0 Å². The fraction of sp³-hybridized carbons (Fsp3) is 1.00. The van der Waals surface area contributed by atoms with E-state index in [1.165, 1.54) is 6.16 Å². The van der Waals surface area contributed by atoms with E-state index in [2.05, 4.69) is 41.3 Å². The van der Waals surface area contributed by atoms with Crippen molar-refractivity contribution in [2.45, 2.75) is 45.9 Å². The zero-order chi connectivity index (χ0) is 9.02. The Bertz CT molecular complexity index is 91.7. The molecule has 0 aromatic carbocycles. The Morgan fingerprint density at radius 3 is 1.45 bits per heavy atom. The van der Waals surface area contributed by atoms with Crippen LogP contribution in [0.2, 0.25) is 0 Å². The first kappa shape index (κ1) is 11.9. The molecule has 1 atom stereocenters. The zero-order valence-electron chi connectivity index (χ0n) is 8.76. The molecule has 0 heterocycles. The predicted molar refractivity (Wildman–Crippen MR) is 60.6 cm³/mol. The molecule has 0 aliphatic rings. The molecule has 0 bridgehead atoms. The standard InChI is InChI=1S/C9H22P2/c1-7-10(6)11(8(2)3)9(4)5/h8-9H,7H2,1-6H3. The van der Waals surface area contributed by atoms with E-state index in [-0.39, 0.29) is 0 Å². The molecule has 0 rings (SSSR count). The molecule has 0 aromatic heterocycles. The van der Waals surface area contributed by atoms with Gasteiger partial charge in [0.05, 0.1) is 0 Å². The average molecular weight is 192 g/mol. The van der Waals surface area contributed by atoms with Crippen LogP contribution in [0.4, 0.5) is 0 Å². The lowest BCUT2D eigenvalue weighted by atomic mass is 10.5. The Hall–Kier alpha value is 0.860. The van der Waals surface area contributed by atoms with Crippen LogP contribution in [0.1, 0.15) is 34.6 Å². The second-order valence-corrected chi connectivity index (χ2v) is 11.7. The number of hydrogen-bond acceptors (Lipinski definition) is 0. The molecule has 0 fully saturated rings. The number of rotatable bonds is 4. The molecule has 1 unspecified atom stereocenters. The van der Waals surface area contributed by atoms with Crippen molar-refractivity contribution in [3.63, 3.8) is 0 Å². The van der Waals surface area contributed by atoms with Gasteiger partial charge in [-0.2, -0.15) is 0 Å². The van der Waals surface area contributed by atoms with Crippen molar-refractivity contribution in [3.05, 3.63) is 0 Å². The van der Waals surface area contributed by atoms with Gasteiger partial charge in [-0.05, 0) is 24.1 Å². The summed E-state index contributed by atoms with van der Waals surface area (Å²) < 4.78 is 0. The lowest BCUT2D eigenvalue weighted by molar-refractivity contribution is 1.03. The van der Waals surface area contributed by atoms with Gasteiger partial charge in [0, 0.05) is 0 Å². The van der Waals surface area contributed by atoms with Gasteiger partial charge < -0.3 is 0 Å². The van der Waals surface area contributed by atoms with Crippen LogP contribution in [0.5, 0.6) is 0 Å². The maximum absolute atomic E-state index is 2.47. The van der Waals surface area contributed by atoms with Crippen molar-refractivity contribution < 1.29 is 0 Å². The molecule has 11 heavy (non-hydrogen) atoms. The second kappa shape index (κ2) is 5.50. The molecule has 0 nitrogen and oxygen atoms in total. The summed E-state index contributed by atoms with van der Waals surface area (Å²) in [4.78, 5) is 0. The highest BCUT2D eigenvalue weighted by Crippen LogP contribution is 2.71. The Morgan fingerprint density at radius 1 is 1.00 bits per heavy atom. The molecule has 0 amide bonds. The smallest absolute Gasteiger partial charge is 0.0225 e. The molecule has 2 heteroatoms. The summed E-state index contributed by atoms with van der Waals surface area (Å²) in [6, 6.07) is 0. The van der Waals surface area contributed by atoms with E-state index in [9.17, 15) is 0 Å². The van der Waals surface area contributed by atoms with Crippen LogP contribution in [0.15, 0.2) is 0 Å². The van der Waals surface area contributed by atoms with E-state index in [1.807, 2.05) is 0 Å². The molecule has 0 radical (unpaired) electrons. The highest BCUT2D eigenvalue weighted by molar-refractivity contribution is 8.30. The largest absolute Gasteiger partial charge is 0.0839 e. The summed E-state index contributed by atoms with van der Waals surface area (Å²) in [6.45, 7) is 14.4. The summed E-state index contributed by atoms with van der Waals surface area (Å²) in [5, 5.41) is 0. The summed E-state index contributed by atoms with van der Waals surface area (Å²) in [5.41, 5.74) is 1.86. The molecule has 0 saturated carbocycles. The zero-order valence-corrected chi connectivity index (χ0v) is 10.5. The Labute approximate surface area is 74.6 Å². The molecule has 0 aliphatic heterocycles. The maximum Gasteiger partial charge on any atom is -0.0225 e. The minimum Gasteiger partial charge on any atom is -0.0839 e. The van der Waals surface area contributed by atoms with E-state index in [0.717, 1.165) is 11.3 Å². The van der Waals surface area contributed by atoms with Crippen molar-refractivity contribution in [2.24, 2.45) is 0 Å². The van der Waals surface area contributed by atoms with Crippen LogP contribution < -0.4 is 0 Å². The summed E-state index contributed by atoms with van der Waals surface area (Å²) in [5.74, 6) is 0. The normalized spacial score (nSPS) is 15.0. The fourth-order valence-corrected chi connectivity index (χ4v) is 10.4. The van der Waals surface area contributed by atoms with Crippen molar-refractivity contribution in [1.29, 1.82) is 0 Å². The van der Waals surface area contributed by atoms with Gasteiger partial charge in [-0.3, -0.25) is 0 Å². The van der Waals surface area contributed by atoms with Crippen LogP contribution in [0.3, 0.4) is 0 Å². The first-order valence-electron chi connectivity index (χ1n) is 4.50. The molecular weight excluding hydrogens is 170 g/mol. The monoisotopic (exact) mass is 192 g/mol. The molecule has 0 spiro atoms. The van der Waals surface area contributed by atoms with Crippen LogP contribution in [0, 0.1) is 0 Å². The van der Waals surface area contributed by atoms with Crippen LogP contribution in [-0.4, -0.2) is 24.1 Å². The van der Waals surface area contributed by atoms with Gasteiger partial charge >= 0.3 is 0 Å². The van der Waals surface area contributed by atoms with Crippen molar-refractivity contribution >= 4 is 15.2 Å². The van der Waals surface area contributed by atoms with Gasteiger partial charge in [0.15, 0.2) is 0 Å². The van der Waals surface area contributed by atoms with Gasteiger partial charge in [-0.15, -0.1) is 0 Å². The Morgan fingerprint density at radius 2 is 1.36 bits per heavy atom. The van der Waals surface area contributed by atoms with E-state index < -0.39 is 0 Å². The van der Waals surface area contributed by atoms with E-state index >= 15 is 0 Å². The van der Waals surface area contributed by atoms with Crippen molar-refractivity contribution in [2.75, 3.05) is 12.8 Å². The lowest BCUT2D eigenvalue weighted by Gasteiger charge is -2.31. The summed E-state index contributed by atoms with van der Waals surface area (Å²) in [6.07, 6.45) is 1.41. The third-order valence-corrected chi connectivity index (χ3v) is 11.7. The molecule has 0 N–H and O–H groups in total.